The highest BCUT2D eigenvalue weighted by Gasteiger charge is 2.41. The largest absolute Gasteiger partial charge is 0.480 e. The molecule has 4 aromatic rings. The van der Waals surface area contributed by atoms with E-state index in [9.17, 15) is 13.6 Å². The third-order valence-electron chi connectivity index (χ3n) is 7.93. The maximum atomic E-state index is 13.8. The van der Waals surface area contributed by atoms with E-state index in [1.807, 2.05) is 34.1 Å². The number of nitrogens with zero attached hydrogens (tertiary/aromatic N) is 8. The summed E-state index contributed by atoms with van der Waals surface area (Å²) in [5, 5.41) is 4.11. The average Bonchev–Trinajstić information content (AvgIpc) is 3.91. The summed E-state index contributed by atoms with van der Waals surface area (Å²) in [5.41, 5.74) is 4.22. The van der Waals surface area contributed by atoms with Gasteiger partial charge in [-0.25, -0.2) is 24.6 Å². The summed E-state index contributed by atoms with van der Waals surface area (Å²) in [6, 6.07) is 9.08. The summed E-state index contributed by atoms with van der Waals surface area (Å²) < 4.78 is 34.8. The maximum Gasteiger partial charge on any atom is 0.288 e. The fraction of sp³-hybridized carbons (Fsp3) is 0.400. The topological polar surface area (TPSA) is 102 Å². The molecule has 0 bridgehead atoms. The quantitative estimate of drug-likeness (QED) is 0.293. The van der Waals surface area contributed by atoms with Gasteiger partial charge in [-0.1, -0.05) is 12.1 Å². The molecule has 0 N–H and O–H groups in total. The number of carbonyl (C=O) groups is 1. The van der Waals surface area contributed by atoms with Gasteiger partial charge >= 0.3 is 0 Å². The lowest BCUT2D eigenvalue weighted by molar-refractivity contribution is -0.117. The van der Waals surface area contributed by atoms with E-state index in [-0.39, 0.29) is 24.2 Å². The minimum absolute atomic E-state index is 0.0115. The Hall–Kier alpha value is -4.48. The first-order valence-corrected chi connectivity index (χ1v) is 14.1. The predicted molar refractivity (Wildman–Crippen MR) is 151 cm³/mol. The Balaban J connectivity index is 1.23. The Kier molecular flexibility index (Phi) is 6.17. The first-order valence-electron chi connectivity index (χ1n) is 14.1. The number of anilines is 2. The van der Waals surface area contributed by atoms with E-state index in [2.05, 4.69) is 15.1 Å². The minimum atomic E-state index is -3.02. The smallest absolute Gasteiger partial charge is 0.288 e. The number of halogens is 2. The summed E-state index contributed by atoms with van der Waals surface area (Å²) >= 11 is 0. The van der Waals surface area contributed by atoms with Crippen LogP contribution in [0.25, 0.3) is 17.1 Å². The molecular weight excluding hydrogens is 542 g/mol. The Labute approximate surface area is 241 Å². The van der Waals surface area contributed by atoms with Gasteiger partial charge in [-0.2, -0.15) is 13.9 Å². The van der Waals surface area contributed by atoms with Gasteiger partial charge < -0.3 is 14.5 Å². The Bertz CT molecular complexity index is 1680. The fourth-order valence-electron chi connectivity index (χ4n) is 5.53. The van der Waals surface area contributed by atoms with Crippen molar-refractivity contribution in [1.82, 2.24) is 29.7 Å². The van der Waals surface area contributed by atoms with Crippen LogP contribution in [0, 0.1) is 6.92 Å². The van der Waals surface area contributed by atoms with Gasteiger partial charge in [-0.3, -0.25) is 4.79 Å². The van der Waals surface area contributed by atoms with E-state index in [1.165, 1.54) is 17.1 Å². The van der Waals surface area contributed by atoms with E-state index in [1.54, 1.807) is 20.2 Å². The summed E-state index contributed by atoms with van der Waals surface area (Å²) in [6.45, 7) is 3.18. The number of hydrogen-bond acceptors (Lipinski definition) is 8. The van der Waals surface area contributed by atoms with Gasteiger partial charge in [0.05, 0.1) is 31.2 Å². The van der Waals surface area contributed by atoms with Crippen molar-refractivity contribution in [2.75, 3.05) is 23.5 Å². The van der Waals surface area contributed by atoms with Gasteiger partial charge in [0.1, 0.15) is 23.3 Å². The Morgan fingerprint density at radius 3 is 2.48 bits per heavy atom. The molecule has 0 atom stereocenters. The number of amides is 1. The fourth-order valence-corrected chi connectivity index (χ4v) is 5.53. The SMILES string of the molecule is COc1ncnc(C2CC2)c1-c1ncc2c(n1)N(Cc1ccc(-n3nc(C(C)(F)F)cc3C)cc1)CC(=O)N2C1CC1. The van der Waals surface area contributed by atoms with E-state index in [0.29, 0.717) is 52.6 Å². The molecule has 42 heavy (non-hydrogen) atoms. The predicted octanol–water partition coefficient (Wildman–Crippen LogP) is 4.94. The number of aromatic nitrogens is 6. The molecule has 12 heteroatoms. The van der Waals surface area contributed by atoms with Crippen LogP contribution in [0.4, 0.5) is 20.3 Å². The van der Waals surface area contributed by atoms with E-state index in [4.69, 9.17) is 14.7 Å². The van der Waals surface area contributed by atoms with E-state index >= 15 is 0 Å². The molecule has 0 radical (unpaired) electrons. The third-order valence-corrected chi connectivity index (χ3v) is 7.93. The molecule has 7 rings (SSSR count). The van der Waals surface area contributed by atoms with Crippen LogP contribution in [0.5, 0.6) is 5.88 Å². The molecule has 2 aliphatic carbocycles. The van der Waals surface area contributed by atoms with Crippen molar-refractivity contribution in [3.05, 3.63) is 65.5 Å². The second kappa shape index (κ2) is 9.81. The van der Waals surface area contributed by atoms with Crippen LogP contribution in [-0.4, -0.2) is 55.3 Å². The molecule has 3 aliphatic rings. The second-order valence-corrected chi connectivity index (χ2v) is 11.3. The zero-order valence-corrected chi connectivity index (χ0v) is 23.6. The number of benzene rings is 1. The molecule has 216 valence electrons. The number of rotatable bonds is 8. The second-order valence-electron chi connectivity index (χ2n) is 11.3. The molecule has 0 unspecified atom stereocenters. The van der Waals surface area contributed by atoms with Crippen molar-refractivity contribution in [3.8, 4) is 23.0 Å². The monoisotopic (exact) mass is 572 g/mol. The van der Waals surface area contributed by atoms with Gasteiger partial charge in [0.25, 0.3) is 5.92 Å². The first-order chi connectivity index (χ1) is 20.2. The lowest BCUT2D eigenvalue weighted by atomic mass is 10.1. The summed E-state index contributed by atoms with van der Waals surface area (Å²) in [6.07, 6.45) is 7.25. The molecule has 3 aromatic heterocycles. The zero-order chi connectivity index (χ0) is 29.2. The lowest BCUT2D eigenvalue weighted by Gasteiger charge is -2.36. The summed E-state index contributed by atoms with van der Waals surface area (Å²) in [4.78, 5) is 35.7. The normalized spacial score (nSPS) is 17.0. The number of hydrogen-bond donors (Lipinski definition) is 0. The molecule has 0 spiro atoms. The van der Waals surface area contributed by atoms with E-state index in [0.717, 1.165) is 43.9 Å². The highest BCUT2D eigenvalue weighted by atomic mass is 19.3. The van der Waals surface area contributed by atoms with Crippen molar-refractivity contribution in [3.63, 3.8) is 0 Å². The number of aryl methyl sites for hydroxylation is 1. The van der Waals surface area contributed by atoms with Gasteiger partial charge in [0, 0.05) is 31.1 Å². The molecule has 2 saturated carbocycles. The Morgan fingerprint density at radius 1 is 1.07 bits per heavy atom. The molecular formula is C30H30F2N8O2. The van der Waals surface area contributed by atoms with Crippen molar-refractivity contribution in [2.45, 2.75) is 64.0 Å². The minimum Gasteiger partial charge on any atom is -0.480 e. The number of fused-ring (bicyclic) bond motifs is 1. The van der Waals surface area contributed by atoms with Crippen LogP contribution in [0.15, 0.2) is 42.9 Å². The average molecular weight is 573 g/mol. The Morgan fingerprint density at radius 2 is 1.83 bits per heavy atom. The molecule has 2 fully saturated rings. The molecule has 0 saturated heterocycles. The van der Waals surface area contributed by atoms with Crippen LogP contribution >= 0.6 is 0 Å². The van der Waals surface area contributed by atoms with Crippen molar-refractivity contribution < 1.29 is 18.3 Å². The highest BCUT2D eigenvalue weighted by Crippen LogP contribution is 2.46. The van der Waals surface area contributed by atoms with Crippen LogP contribution in [-0.2, 0) is 17.3 Å². The number of ether oxygens (including phenoxy) is 1. The van der Waals surface area contributed by atoms with Crippen LogP contribution in [0.1, 0.15) is 61.2 Å². The maximum absolute atomic E-state index is 13.8. The summed E-state index contributed by atoms with van der Waals surface area (Å²) in [7, 11) is 1.57. The van der Waals surface area contributed by atoms with Crippen LogP contribution in [0.3, 0.4) is 0 Å². The molecule has 4 heterocycles. The zero-order valence-electron chi connectivity index (χ0n) is 23.6. The molecule has 1 aliphatic heterocycles. The van der Waals surface area contributed by atoms with Crippen molar-refractivity contribution in [1.29, 1.82) is 0 Å². The van der Waals surface area contributed by atoms with Crippen molar-refractivity contribution >= 4 is 17.4 Å². The third kappa shape index (κ3) is 4.74. The first kappa shape index (κ1) is 26.4. The highest BCUT2D eigenvalue weighted by molar-refractivity contribution is 6.03. The van der Waals surface area contributed by atoms with Gasteiger partial charge in [-0.15, -0.1) is 0 Å². The van der Waals surface area contributed by atoms with Gasteiger partial charge in [0.2, 0.25) is 11.8 Å². The standard InChI is InChI=1S/C30H30F2N8O2/c1-17-12-23(30(2,31)32)37-40(17)21-8-4-18(5-9-21)14-38-15-24(41)39(20-10-11-20)22-13-33-27(36-28(22)38)25-26(19-6-7-19)34-16-35-29(25)42-3/h4-5,8-9,12-13,16,19-20H,6-7,10-11,14-15H2,1-3H3. The molecule has 10 nitrogen and oxygen atoms in total. The summed E-state index contributed by atoms with van der Waals surface area (Å²) in [5.74, 6) is -1.12. The van der Waals surface area contributed by atoms with Gasteiger partial charge in [-0.05, 0) is 56.4 Å². The number of carbonyl (C=O) groups excluding carboxylic acids is 1. The molecule has 1 amide bonds. The van der Waals surface area contributed by atoms with Gasteiger partial charge in [0.15, 0.2) is 11.6 Å². The number of alkyl halides is 2. The number of methoxy groups -OCH3 is 1. The lowest BCUT2D eigenvalue weighted by Crippen LogP contribution is -2.47. The van der Waals surface area contributed by atoms with Crippen LogP contribution < -0.4 is 14.5 Å². The van der Waals surface area contributed by atoms with E-state index < -0.39 is 5.92 Å². The van der Waals surface area contributed by atoms with Crippen molar-refractivity contribution in [2.24, 2.45) is 0 Å². The molecule has 1 aromatic carbocycles. The van der Waals surface area contributed by atoms with Crippen LogP contribution in [0.2, 0.25) is 0 Å².